The molecule has 0 fully saturated rings. The van der Waals surface area contributed by atoms with Crippen molar-refractivity contribution in [2.75, 3.05) is 4.90 Å². The fourth-order valence-electron chi connectivity index (χ4n) is 3.81. The summed E-state index contributed by atoms with van der Waals surface area (Å²) < 4.78 is 20.6. The molecule has 5 rings (SSSR count). The van der Waals surface area contributed by atoms with Gasteiger partial charge in [-0.3, -0.25) is 14.5 Å². The van der Waals surface area contributed by atoms with Crippen LogP contribution >= 0.6 is 0 Å². The highest BCUT2D eigenvalue weighted by Crippen LogP contribution is 2.41. The molecule has 1 aliphatic heterocycles. The van der Waals surface area contributed by atoms with Gasteiger partial charge in [0.1, 0.15) is 17.2 Å². The second-order valence-corrected chi connectivity index (χ2v) is 6.91. The molecule has 0 saturated heterocycles. The highest BCUT2D eigenvalue weighted by Gasteiger charge is 2.45. The molecule has 1 atom stereocenters. The highest BCUT2D eigenvalue weighted by molar-refractivity contribution is 6.10. The fourth-order valence-corrected chi connectivity index (χ4v) is 3.81. The van der Waals surface area contributed by atoms with Gasteiger partial charge in [0.15, 0.2) is 5.43 Å². The lowest BCUT2D eigenvalue weighted by molar-refractivity contribution is 0.0970. The molecule has 0 radical (unpaired) electrons. The number of rotatable bonds is 2. The summed E-state index contributed by atoms with van der Waals surface area (Å²) in [5.41, 5.74) is 1.00. The summed E-state index contributed by atoms with van der Waals surface area (Å²) >= 11 is 0. The average Bonchev–Trinajstić information content (AvgIpc) is 3.01. The second kappa shape index (κ2) is 6.38. The lowest BCUT2D eigenvalue weighted by Crippen LogP contribution is -2.31. The third-order valence-electron chi connectivity index (χ3n) is 5.10. The minimum absolute atomic E-state index is 0.0785. The predicted molar refractivity (Wildman–Crippen MR) is 107 cm³/mol. The van der Waals surface area contributed by atoms with E-state index in [4.69, 9.17) is 4.42 Å². The van der Waals surface area contributed by atoms with Gasteiger partial charge in [0, 0.05) is 11.3 Å². The lowest BCUT2D eigenvalue weighted by Gasteiger charge is -2.24. The van der Waals surface area contributed by atoms with Crippen molar-refractivity contribution < 1.29 is 13.6 Å². The number of fused-ring (bicyclic) bond motifs is 2. The molecule has 5 nitrogen and oxygen atoms in total. The molecule has 2 aromatic heterocycles. The SMILES string of the molecule is Cc1cccc(N2C(=O)c3oc4ccccc4c(=O)c3[C@@H]2c2ccccc2F)n1. The van der Waals surface area contributed by atoms with Gasteiger partial charge >= 0.3 is 0 Å². The van der Waals surface area contributed by atoms with Crippen LogP contribution in [-0.4, -0.2) is 10.9 Å². The highest BCUT2D eigenvalue weighted by atomic mass is 19.1. The number of nitrogens with zero attached hydrogens (tertiary/aromatic N) is 2. The summed E-state index contributed by atoms with van der Waals surface area (Å²) in [6, 6.07) is 17.1. The number of benzene rings is 2. The third kappa shape index (κ3) is 2.56. The maximum absolute atomic E-state index is 14.8. The summed E-state index contributed by atoms with van der Waals surface area (Å²) in [5.74, 6) is -0.777. The number of aryl methyl sites for hydroxylation is 1. The minimum atomic E-state index is -0.964. The van der Waals surface area contributed by atoms with E-state index >= 15 is 0 Å². The summed E-state index contributed by atoms with van der Waals surface area (Å²) in [4.78, 5) is 32.4. The zero-order valence-corrected chi connectivity index (χ0v) is 15.4. The first-order valence-electron chi connectivity index (χ1n) is 9.13. The van der Waals surface area contributed by atoms with Crippen molar-refractivity contribution in [2.45, 2.75) is 13.0 Å². The van der Waals surface area contributed by atoms with E-state index in [1.54, 1.807) is 67.6 Å². The molecule has 6 heteroatoms. The Hall–Kier alpha value is -3.80. The molecule has 2 aromatic carbocycles. The number of hydrogen-bond acceptors (Lipinski definition) is 4. The summed E-state index contributed by atoms with van der Waals surface area (Å²) in [7, 11) is 0. The van der Waals surface area contributed by atoms with Gasteiger partial charge in [-0.1, -0.05) is 36.4 Å². The second-order valence-electron chi connectivity index (χ2n) is 6.91. The number of carbonyl (C=O) groups is 1. The number of halogens is 1. The third-order valence-corrected chi connectivity index (χ3v) is 5.10. The molecule has 0 saturated carbocycles. The van der Waals surface area contributed by atoms with Crippen LogP contribution in [0.5, 0.6) is 0 Å². The van der Waals surface area contributed by atoms with Crippen LogP contribution in [0.4, 0.5) is 10.2 Å². The van der Waals surface area contributed by atoms with Gasteiger partial charge in [-0.05, 0) is 37.3 Å². The van der Waals surface area contributed by atoms with E-state index < -0.39 is 17.8 Å². The van der Waals surface area contributed by atoms with Crippen LogP contribution in [0.3, 0.4) is 0 Å². The number of pyridine rings is 1. The van der Waals surface area contributed by atoms with Crippen LogP contribution in [0.2, 0.25) is 0 Å². The summed E-state index contributed by atoms with van der Waals surface area (Å²) in [5, 5.41) is 0.347. The van der Waals surface area contributed by atoms with E-state index in [9.17, 15) is 14.0 Å². The van der Waals surface area contributed by atoms with Crippen molar-refractivity contribution in [1.29, 1.82) is 0 Å². The number of aromatic nitrogens is 1. The van der Waals surface area contributed by atoms with Gasteiger partial charge in [-0.25, -0.2) is 9.37 Å². The Kier molecular flexibility index (Phi) is 3.81. The molecule has 29 heavy (non-hydrogen) atoms. The number of anilines is 1. The Morgan fingerprint density at radius 3 is 2.52 bits per heavy atom. The maximum atomic E-state index is 14.8. The Morgan fingerprint density at radius 1 is 0.966 bits per heavy atom. The molecule has 0 unspecified atom stereocenters. The molecular weight excluding hydrogens is 371 g/mol. The first kappa shape index (κ1) is 17.3. The van der Waals surface area contributed by atoms with Crippen molar-refractivity contribution in [2.24, 2.45) is 0 Å². The molecule has 0 N–H and O–H groups in total. The Morgan fingerprint density at radius 2 is 1.72 bits per heavy atom. The Balaban J connectivity index is 1.86. The number of carbonyl (C=O) groups excluding carboxylic acids is 1. The molecule has 0 aliphatic carbocycles. The van der Waals surface area contributed by atoms with E-state index in [2.05, 4.69) is 4.98 Å². The van der Waals surface area contributed by atoms with Crippen LogP contribution in [0.1, 0.15) is 33.4 Å². The average molecular weight is 386 g/mol. The van der Waals surface area contributed by atoms with Crippen molar-refractivity contribution in [3.63, 3.8) is 0 Å². The fraction of sp³-hybridized carbons (Fsp3) is 0.0870. The molecule has 3 heterocycles. The van der Waals surface area contributed by atoms with Crippen molar-refractivity contribution in [3.8, 4) is 0 Å². The first-order chi connectivity index (χ1) is 14.1. The van der Waals surface area contributed by atoms with Crippen LogP contribution < -0.4 is 10.3 Å². The normalized spacial score (nSPS) is 15.7. The van der Waals surface area contributed by atoms with E-state index in [1.165, 1.54) is 11.0 Å². The lowest BCUT2D eigenvalue weighted by atomic mass is 9.98. The molecule has 0 spiro atoms. The molecular formula is C23H15FN2O3. The Bertz CT molecular complexity index is 1350. The molecule has 4 aromatic rings. The van der Waals surface area contributed by atoms with Crippen LogP contribution in [0.25, 0.3) is 11.0 Å². The van der Waals surface area contributed by atoms with Gasteiger partial charge in [-0.15, -0.1) is 0 Å². The smallest absolute Gasteiger partial charge is 0.296 e. The maximum Gasteiger partial charge on any atom is 0.296 e. The molecule has 1 amide bonds. The monoisotopic (exact) mass is 386 g/mol. The first-order valence-corrected chi connectivity index (χ1v) is 9.13. The van der Waals surface area contributed by atoms with Gasteiger partial charge in [-0.2, -0.15) is 0 Å². The van der Waals surface area contributed by atoms with Gasteiger partial charge in [0.2, 0.25) is 5.76 Å². The van der Waals surface area contributed by atoms with E-state index in [0.717, 1.165) is 0 Å². The number of amides is 1. The van der Waals surface area contributed by atoms with Gasteiger partial charge < -0.3 is 4.42 Å². The topological polar surface area (TPSA) is 63.4 Å². The standard InChI is InChI=1S/C23H15FN2O3/c1-13-7-6-12-18(25-13)26-20(14-8-2-4-10-16(14)24)19-21(27)15-9-3-5-11-17(15)29-22(19)23(26)28/h2-12,20H,1H3/t20-/m0/s1. The van der Waals surface area contributed by atoms with E-state index in [1.807, 2.05) is 0 Å². The van der Waals surface area contributed by atoms with E-state index in [0.29, 0.717) is 22.5 Å². The van der Waals surface area contributed by atoms with E-state index in [-0.39, 0.29) is 22.3 Å². The van der Waals surface area contributed by atoms with Crippen molar-refractivity contribution >= 4 is 22.7 Å². The van der Waals surface area contributed by atoms with Crippen LogP contribution in [0, 0.1) is 12.7 Å². The zero-order valence-electron chi connectivity index (χ0n) is 15.4. The van der Waals surface area contributed by atoms with Gasteiger partial charge in [0.05, 0.1) is 17.0 Å². The number of hydrogen-bond donors (Lipinski definition) is 0. The van der Waals surface area contributed by atoms with Crippen LogP contribution in [0.15, 0.2) is 75.9 Å². The predicted octanol–water partition coefficient (Wildman–Crippen LogP) is 4.39. The van der Waals surface area contributed by atoms with Crippen LogP contribution in [-0.2, 0) is 0 Å². The van der Waals surface area contributed by atoms with Crippen molar-refractivity contribution in [1.82, 2.24) is 4.98 Å². The number of para-hydroxylation sites is 1. The quantitative estimate of drug-likeness (QED) is 0.513. The minimum Gasteiger partial charge on any atom is -0.450 e. The summed E-state index contributed by atoms with van der Waals surface area (Å²) in [6.07, 6.45) is 0. The largest absolute Gasteiger partial charge is 0.450 e. The molecule has 0 bridgehead atoms. The Labute approximate surface area is 165 Å². The molecule has 142 valence electrons. The molecule has 1 aliphatic rings. The van der Waals surface area contributed by atoms with Gasteiger partial charge in [0.25, 0.3) is 5.91 Å². The summed E-state index contributed by atoms with van der Waals surface area (Å²) in [6.45, 7) is 1.80. The van der Waals surface area contributed by atoms with Crippen molar-refractivity contribution in [3.05, 3.63) is 105 Å². The zero-order chi connectivity index (χ0) is 20.1.